The Kier molecular flexibility index (Phi) is 7.29. The first-order valence-electron chi connectivity index (χ1n) is 11.0. The Hall–Kier alpha value is 0.905. The third kappa shape index (κ3) is 4.29. The molecule has 0 saturated heterocycles. The summed E-state index contributed by atoms with van der Waals surface area (Å²) >= 11 is -3.97. The van der Waals surface area contributed by atoms with E-state index in [0.717, 1.165) is 12.8 Å². The van der Waals surface area contributed by atoms with Crippen molar-refractivity contribution >= 4 is 41.4 Å². The van der Waals surface area contributed by atoms with Crippen LogP contribution in [0.15, 0.2) is 45.8 Å². The molecule has 0 aromatic carbocycles. The predicted molar refractivity (Wildman–Crippen MR) is 138 cm³/mol. The molecule has 159 valence electrons. The summed E-state index contributed by atoms with van der Waals surface area (Å²) in [6, 6.07) is 0. The van der Waals surface area contributed by atoms with Crippen LogP contribution in [0.1, 0.15) is 26.7 Å². The summed E-state index contributed by atoms with van der Waals surface area (Å²) in [7, 11) is 13.1. The molecule has 0 saturated carbocycles. The van der Waals surface area contributed by atoms with Gasteiger partial charge in [-0.2, -0.15) is 0 Å². The second-order valence-electron chi connectivity index (χ2n) is 11.2. The van der Waals surface area contributed by atoms with Crippen molar-refractivity contribution in [2.75, 3.05) is 0 Å². The van der Waals surface area contributed by atoms with Crippen LogP contribution >= 0.6 is 18.6 Å². The van der Waals surface area contributed by atoms with Gasteiger partial charge < -0.3 is 0 Å². The van der Waals surface area contributed by atoms with Gasteiger partial charge in [0.2, 0.25) is 0 Å². The summed E-state index contributed by atoms with van der Waals surface area (Å²) in [6.45, 7) is 22.9. The van der Waals surface area contributed by atoms with Crippen LogP contribution in [0.5, 0.6) is 0 Å². The summed E-state index contributed by atoms with van der Waals surface area (Å²) in [4.78, 5) is 0. The maximum absolute atomic E-state index is 8.08. The molecule has 2 aliphatic carbocycles. The summed E-state index contributed by atoms with van der Waals surface area (Å²) in [5.74, 6) is 0. The molecule has 0 bridgehead atoms. The predicted octanol–water partition coefficient (Wildman–Crippen LogP) is 8.85. The van der Waals surface area contributed by atoms with Crippen molar-refractivity contribution in [1.29, 1.82) is 0 Å². The fourth-order valence-electron chi connectivity index (χ4n) is 4.91. The van der Waals surface area contributed by atoms with Gasteiger partial charge in [-0.1, -0.05) is 0 Å². The van der Waals surface area contributed by atoms with Crippen LogP contribution in [-0.2, 0) is 12.4 Å². The molecule has 2 unspecified atom stereocenters. The third-order valence-corrected chi connectivity index (χ3v) is 47.6. The van der Waals surface area contributed by atoms with Crippen LogP contribution in [-0.4, -0.2) is 22.8 Å². The zero-order valence-electron chi connectivity index (χ0n) is 19.7. The van der Waals surface area contributed by atoms with Crippen molar-refractivity contribution < 1.29 is 12.4 Å². The van der Waals surface area contributed by atoms with E-state index in [4.69, 9.17) is 18.6 Å². The number of rotatable bonds is 7. The van der Waals surface area contributed by atoms with Crippen molar-refractivity contribution in [3.05, 3.63) is 45.8 Å². The van der Waals surface area contributed by atoms with Gasteiger partial charge in [-0.25, -0.2) is 0 Å². The van der Waals surface area contributed by atoms with Crippen LogP contribution < -0.4 is 0 Å². The van der Waals surface area contributed by atoms with Gasteiger partial charge in [0.15, 0.2) is 0 Å². The Morgan fingerprint density at radius 1 is 0.786 bits per heavy atom. The Bertz CT molecular complexity index is 704. The molecule has 2 rings (SSSR count). The second-order valence-corrected chi connectivity index (χ2v) is 50.8. The summed E-state index contributed by atoms with van der Waals surface area (Å²) in [5, 5.41) is 3.25. The van der Waals surface area contributed by atoms with Gasteiger partial charge in [0.05, 0.1) is 0 Å². The van der Waals surface area contributed by atoms with E-state index in [2.05, 4.69) is 90.5 Å². The molecular weight excluding hydrogens is 467 g/mol. The Morgan fingerprint density at radius 2 is 1.11 bits per heavy atom. The molecule has 0 N–H and O–H groups in total. The summed E-state index contributed by atoms with van der Waals surface area (Å²) in [6.07, 6.45) is 12.2. The van der Waals surface area contributed by atoms with Crippen LogP contribution in [0, 0.1) is 0 Å². The van der Waals surface area contributed by atoms with Gasteiger partial charge in [-0.05, 0) is 0 Å². The SMILES string of the molecule is CCC1=C[CH]([Ti]([Cl])([Cl])([CH]2C=C(CC)C=C2[Si](C)(C)C)[SiH](C)C)C([Si](C)(C)C)=C1. The molecule has 0 aromatic heterocycles. The van der Waals surface area contributed by atoms with E-state index in [0.29, 0.717) is 8.45 Å². The first-order chi connectivity index (χ1) is 12.6. The molecule has 0 fully saturated rings. The van der Waals surface area contributed by atoms with E-state index in [1.807, 2.05) is 0 Å². The summed E-state index contributed by atoms with van der Waals surface area (Å²) in [5.41, 5.74) is 2.93. The molecule has 0 nitrogen and oxygen atoms in total. The Labute approximate surface area is 186 Å². The van der Waals surface area contributed by atoms with Gasteiger partial charge >= 0.3 is 187 Å². The topological polar surface area (TPSA) is 0 Å². The first kappa shape index (κ1) is 25.2. The van der Waals surface area contributed by atoms with E-state index >= 15 is 0 Å². The van der Waals surface area contributed by atoms with Gasteiger partial charge in [0.25, 0.3) is 0 Å². The van der Waals surface area contributed by atoms with E-state index in [9.17, 15) is 0 Å². The minimum atomic E-state index is -3.97. The molecule has 2 aliphatic rings. The summed E-state index contributed by atoms with van der Waals surface area (Å²) < 4.78 is 0.650. The van der Waals surface area contributed by atoms with Crippen LogP contribution in [0.3, 0.4) is 0 Å². The van der Waals surface area contributed by atoms with Crippen molar-refractivity contribution in [3.8, 4) is 0 Å². The van der Waals surface area contributed by atoms with Gasteiger partial charge in [-0.3, -0.25) is 0 Å². The minimum absolute atomic E-state index is 0.325. The number of hydrogen-bond donors (Lipinski definition) is 0. The molecule has 6 heteroatoms. The number of halogens is 2. The van der Waals surface area contributed by atoms with Crippen molar-refractivity contribution in [3.63, 3.8) is 0 Å². The number of hydrogen-bond acceptors (Lipinski definition) is 0. The molecule has 0 radical (unpaired) electrons. The monoisotopic (exact) mass is 507 g/mol. The quantitative estimate of drug-likeness (QED) is 0.301. The molecular formula is C22H41Cl2Si3Ti. The van der Waals surface area contributed by atoms with Crippen LogP contribution in [0.25, 0.3) is 0 Å². The van der Waals surface area contributed by atoms with Crippen molar-refractivity contribution in [2.24, 2.45) is 0 Å². The Morgan fingerprint density at radius 3 is 1.32 bits per heavy atom. The van der Waals surface area contributed by atoms with Gasteiger partial charge in [0, 0.05) is 0 Å². The zero-order chi connectivity index (χ0) is 21.7. The van der Waals surface area contributed by atoms with E-state index in [1.165, 1.54) is 11.1 Å². The molecule has 0 aromatic rings. The molecule has 28 heavy (non-hydrogen) atoms. The average Bonchev–Trinajstić information content (AvgIpc) is 3.19. The molecule has 0 aliphatic heterocycles. The van der Waals surface area contributed by atoms with Crippen molar-refractivity contribution in [2.45, 2.75) is 87.5 Å². The molecule has 0 amide bonds. The van der Waals surface area contributed by atoms with Gasteiger partial charge in [0.1, 0.15) is 0 Å². The average molecular weight is 509 g/mol. The van der Waals surface area contributed by atoms with Gasteiger partial charge in [-0.15, -0.1) is 0 Å². The van der Waals surface area contributed by atoms with E-state index in [1.54, 1.807) is 10.4 Å². The van der Waals surface area contributed by atoms with E-state index < -0.39 is 35.3 Å². The fraction of sp³-hybridized carbons (Fsp3) is 0.636. The molecule has 0 heterocycles. The second kappa shape index (κ2) is 8.11. The van der Waals surface area contributed by atoms with Crippen LogP contribution in [0.4, 0.5) is 0 Å². The fourth-order valence-corrected chi connectivity index (χ4v) is 35.5. The third-order valence-electron chi connectivity index (χ3n) is 6.95. The zero-order valence-corrected chi connectivity index (χ0v) is 25.9. The molecule has 0 spiro atoms. The van der Waals surface area contributed by atoms with Crippen molar-refractivity contribution in [1.82, 2.24) is 0 Å². The molecule has 2 atom stereocenters. The van der Waals surface area contributed by atoms with E-state index in [-0.39, 0.29) is 0 Å². The first-order valence-corrected chi connectivity index (χ1v) is 29.7. The van der Waals surface area contributed by atoms with Crippen LogP contribution in [0.2, 0.25) is 60.8 Å². The standard InChI is InChI=1S/2C10H17Si.C2H7Si.2ClH.Ti/c2*1-5-9-6-7-10(8-9)11(2,3)4;1-3-2;;;/h2*6-8H,5H2,1-4H3;3H,1-2H3;2*1H;/q;;;;;+2/p-2. The Balaban J connectivity index is 2.77. The number of allylic oxidation sites excluding steroid dienone is 8. The maximum atomic E-state index is 8.08. The normalized spacial score (nSPS) is 25.2.